The van der Waals surface area contributed by atoms with Crippen molar-refractivity contribution in [2.75, 3.05) is 25.9 Å². The minimum absolute atomic E-state index is 0.0424. The fourth-order valence-corrected chi connectivity index (χ4v) is 6.94. The van der Waals surface area contributed by atoms with E-state index in [2.05, 4.69) is 10.2 Å². The topological polar surface area (TPSA) is 66.5 Å². The van der Waals surface area contributed by atoms with Crippen molar-refractivity contribution in [2.45, 2.75) is 12.5 Å². The van der Waals surface area contributed by atoms with Crippen molar-refractivity contribution in [3.05, 3.63) is 116 Å². The van der Waals surface area contributed by atoms with Gasteiger partial charge in [0.25, 0.3) is 5.91 Å². The molecular weight excluding hydrogens is 527 g/mol. The lowest BCUT2D eigenvalue weighted by molar-refractivity contribution is 0.0951. The van der Waals surface area contributed by atoms with Crippen molar-refractivity contribution in [1.82, 2.24) is 10.2 Å². The number of likely N-dealkylation sites (tertiary alicyclic amines) is 1. The number of nitrogens with zero attached hydrogens (tertiary/aromatic N) is 1. The molecule has 2 fully saturated rings. The molecule has 5 rings (SSSR count). The third-order valence-electron chi connectivity index (χ3n) is 7.09. The molecule has 1 aliphatic carbocycles. The van der Waals surface area contributed by atoms with Crippen LogP contribution in [0.5, 0.6) is 0 Å². The second kappa shape index (κ2) is 10.6. The number of rotatable bonds is 8. The SMILES string of the molecule is CS(=O)(=O)C(=C1CN(C(c2ccc(Cl)cc2)c2ccc(Cl)cc2)C1)C1CC1CNC(=O)c1ccccc1. The van der Waals surface area contributed by atoms with Gasteiger partial charge in [-0.2, -0.15) is 0 Å². The van der Waals surface area contributed by atoms with Crippen LogP contribution in [0.25, 0.3) is 0 Å². The average molecular weight is 556 g/mol. The Labute approximate surface area is 228 Å². The molecule has 2 atom stereocenters. The highest BCUT2D eigenvalue weighted by atomic mass is 35.5. The van der Waals surface area contributed by atoms with Gasteiger partial charge in [-0.25, -0.2) is 8.42 Å². The van der Waals surface area contributed by atoms with Crippen LogP contribution in [-0.2, 0) is 9.84 Å². The Morgan fingerprint density at radius 1 is 0.919 bits per heavy atom. The lowest BCUT2D eigenvalue weighted by atomic mass is 9.92. The smallest absolute Gasteiger partial charge is 0.251 e. The summed E-state index contributed by atoms with van der Waals surface area (Å²) in [6.07, 6.45) is 2.06. The predicted octanol–water partition coefficient (Wildman–Crippen LogP) is 5.76. The molecule has 0 aromatic heterocycles. The number of amides is 1. The zero-order valence-corrected chi connectivity index (χ0v) is 22.7. The third-order valence-corrected chi connectivity index (χ3v) is 8.99. The molecule has 5 nitrogen and oxygen atoms in total. The summed E-state index contributed by atoms with van der Waals surface area (Å²) in [6.45, 7) is 1.60. The largest absolute Gasteiger partial charge is 0.352 e. The van der Waals surface area contributed by atoms with Gasteiger partial charge in [0.05, 0.1) is 6.04 Å². The Balaban J connectivity index is 1.32. The summed E-state index contributed by atoms with van der Waals surface area (Å²) in [7, 11) is -3.37. The number of benzene rings is 3. The van der Waals surface area contributed by atoms with E-state index in [1.165, 1.54) is 6.26 Å². The van der Waals surface area contributed by atoms with Gasteiger partial charge < -0.3 is 5.32 Å². The minimum atomic E-state index is -3.37. The molecule has 0 bridgehead atoms. The van der Waals surface area contributed by atoms with Crippen LogP contribution in [0.2, 0.25) is 10.0 Å². The van der Waals surface area contributed by atoms with E-state index in [1.54, 1.807) is 12.1 Å². The summed E-state index contributed by atoms with van der Waals surface area (Å²) in [5.74, 6) is -0.0570. The molecule has 3 aromatic rings. The summed E-state index contributed by atoms with van der Waals surface area (Å²) < 4.78 is 25.7. The quantitative estimate of drug-likeness (QED) is 0.384. The van der Waals surface area contributed by atoms with Gasteiger partial charge in [-0.15, -0.1) is 0 Å². The molecule has 192 valence electrons. The maximum Gasteiger partial charge on any atom is 0.251 e. The van der Waals surface area contributed by atoms with Crippen LogP contribution in [-0.4, -0.2) is 45.1 Å². The van der Waals surface area contributed by atoms with Gasteiger partial charge in [0.15, 0.2) is 9.84 Å². The van der Waals surface area contributed by atoms with Crippen LogP contribution in [0.1, 0.15) is 33.9 Å². The van der Waals surface area contributed by atoms with E-state index in [0.29, 0.717) is 40.1 Å². The van der Waals surface area contributed by atoms with Crippen molar-refractivity contribution < 1.29 is 13.2 Å². The zero-order valence-electron chi connectivity index (χ0n) is 20.4. The lowest BCUT2D eigenvalue weighted by Gasteiger charge is -2.42. The number of allylic oxidation sites excluding steroid dienone is 1. The maximum absolute atomic E-state index is 12.9. The van der Waals surface area contributed by atoms with Gasteiger partial charge >= 0.3 is 0 Å². The molecule has 2 aliphatic rings. The summed E-state index contributed by atoms with van der Waals surface area (Å²) in [6, 6.07) is 24.5. The van der Waals surface area contributed by atoms with Crippen molar-refractivity contribution in [1.29, 1.82) is 0 Å². The predicted molar refractivity (Wildman–Crippen MR) is 149 cm³/mol. The number of sulfone groups is 1. The van der Waals surface area contributed by atoms with E-state index in [4.69, 9.17) is 23.2 Å². The van der Waals surface area contributed by atoms with Crippen molar-refractivity contribution in [2.24, 2.45) is 11.8 Å². The average Bonchev–Trinajstić information content (AvgIpc) is 3.61. The number of carbonyl (C=O) groups excluding carboxylic acids is 1. The standard InChI is InChI=1S/C29H28Cl2N2O3S/c1-37(35,36)28(26-15-22(26)16-32-29(34)21-5-3-2-4-6-21)23-17-33(18-23)27(19-7-11-24(30)12-8-19)20-9-13-25(31)14-10-20/h2-14,22,26-27H,15-18H2,1H3,(H,32,34). The third kappa shape index (κ3) is 5.93. The van der Waals surface area contributed by atoms with Gasteiger partial charge in [0.2, 0.25) is 0 Å². The molecule has 1 amide bonds. The number of hydrogen-bond acceptors (Lipinski definition) is 4. The van der Waals surface area contributed by atoms with Crippen LogP contribution in [0, 0.1) is 11.8 Å². The van der Waals surface area contributed by atoms with Gasteiger partial charge in [-0.05, 0) is 71.4 Å². The van der Waals surface area contributed by atoms with Crippen molar-refractivity contribution in [3.8, 4) is 0 Å². The Hall–Kier alpha value is -2.64. The van der Waals surface area contributed by atoms with E-state index < -0.39 is 9.84 Å². The molecule has 0 spiro atoms. The van der Waals surface area contributed by atoms with Crippen LogP contribution in [0.3, 0.4) is 0 Å². The van der Waals surface area contributed by atoms with Crippen LogP contribution >= 0.6 is 23.2 Å². The summed E-state index contributed by atoms with van der Waals surface area (Å²) >= 11 is 12.3. The Morgan fingerprint density at radius 3 is 1.97 bits per heavy atom. The highest BCUT2D eigenvalue weighted by Gasteiger charge is 2.46. The van der Waals surface area contributed by atoms with E-state index in [1.807, 2.05) is 66.7 Å². The normalized spacial score (nSPS) is 19.4. The Kier molecular flexibility index (Phi) is 7.46. The Morgan fingerprint density at radius 2 is 1.46 bits per heavy atom. The van der Waals surface area contributed by atoms with Crippen LogP contribution in [0.15, 0.2) is 89.3 Å². The van der Waals surface area contributed by atoms with Crippen molar-refractivity contribution in [3.63, 3.8) is 0 Å². The number of halogens is 2. The molecule has 1 saturated heterocycles. The second-order valence-corrected chi connectivity index (χ2v) is 12.7. The fourth-order valence-electron chi connectivity index (χ4n) is 5.20. The highest BCUT2D eigenvalue weighted by molar-refractivity contribution is 7.94. The van der Waals surface area contributed by atoms with Crippen LogP contribution < -0.4 is 5.32 Å². The molecule has 0 radical (unpaired) electrons. The highest BCUT2D eigenvalue weighted by Crippen LogP contribution is 2.49. The molecule has 1 aliphatic heterocycles. The molecular formula is C29H28Cl2N2O3S. The molecule has 2 unspecified atom stereocenters. The summed E-state index contributed by atoms with van der Waals surface area (Å²) in [5, 5.41) is 4.30. The van der Waals surface area contributed by atoms with Gasteiger partial charge in [0.1, 0.15) is 0 Å². The van der Waals surface area contributed by atoms with Gasteiger partial charge in [-0.3, -0.25) is 9.69 Å². The van der Waals surface area contributed by atoms with E-state index in [-0.39, 0.29) is 23.8 Å². The minimum Gasteiger partial charge on any atom is -0.352 e. The molecule has 8 heteroatoms. The molecule has 1 saturated carbocycles. The van der Waals surface area contributed by atoms with E-state index in [0.717, 1.165) is 23.1 Å². The Bertz CT molecular complexity index is 1370. The van der Waals surface area contributed by atoms with E-state index >= 15 is 0 Å². The fraction of sp³-hybridized carbons (Fsp3) is 0.276. The maximum atomic E-state index is 12.9. The van der Waals surface area contributed by atoms with Crippen LogP contribution in [0.4, 0.5) is 0 Å². The zero-order chi connectivity index (χ0) is 26.2. The number of nitrogens with one attached hydrogen (secondary N) is 1. The first-order valence-corrected chi connectivity index (χ1v) is 14.9. The summed E-state index contributed by atoms with van der Waals surface area (Å²) in [5.41, 5.74) is 3.72. The lowest BCUT2D eigenvalue weighted by Crippen LogP contribution is -2.44. The first-order chi connectivity index (χ1) is 17.7. The second-order valence-electron chi connectivity index (χ2n) is 9.83. The van der Waals surface area contributed by atoms with E-state index in [9.17, 15) is 13.2 Å². The summed E-state index contributed by atoms with van der Waals surface area (Å²) in [4.78, 5) is 15.2. The van der Waals surface area contributed by atoms with Crippen molar-refractivity contribution >= 4 is 38.9 Å². The number of carbonyl (C=O) groups is 1. The number of hydrogen-bond donors (Lipinski definition) is 1. The monoisotopic (exact) mass is 554 g/mol. The first kappa shape index (κ1) is 26.0. The molecule has 3 aromatic carbocycles. The molecule has 1 N–H and O–H groups in total. The molecule has 37 heavy (non-hydrogen) atoms. The van der Waals surface area contributed by atoms with Gasteiger partial charge in [0, 0.05) is 46.4 Å². The first-order valence-electron chi connectivity index (χ1n) is 12.2. The molecule has 1 heterocycles. The van der Waals surface area contributed by atoms with Gasteiger partial charge in [-0.1, -0.05) is 65.7 Å².